The van der Waals surface area contributed by atoms with Crippen LogP contribution in [0.2, 0.25) is 0 Å². The molecule has 0 aliphatic heterocycles. The predicted molar refractivity (Wildman–Crippen MR) is 64.0 cm³/mol. The van der Waals surface area contributed by atoms with Crippen LogP contribution in [-0.2, 0) is 9.53 Å². The van der Waals surface area contributed by atoms with Crippen LogP contribution < -0.4 is 0 Å². The Labute approximate surface area is 100 Å². The standard InChI is InChI=1S/C11H21BrO3/c1-7(2)8(13)11(6,12)9(14)15-10(3,4)5/h7-8,13H,1-6H3/t8-,11+/m1/s1. The van der Waals surface area contributed by atoms with Crippen LogP contribution in [0.3, 0.4) is 0 Å². The van der Waals surface area contributed by atoms with Crippen molar-refractivity contribution in [2.45, 2.75) is 57.6 Å². The second kappa shape index (κ2) is 4.83. The Kier molecular flexibility index (Phi) is 4.80. The van der Waals surface area contributed by atoms with Gasteiger partial charge in [0.25, 0.3) is 0 Å². The number of aliphatic hydroxyl groups excluding tert-OH is 1. The fourth-order valence-corrected chi connectivity index (χ4v) is 1.73. The van der Waals surface area contributed by atoms with Crippen molar-refractivity contribution in [1.29, 1.82) is 0 Å². The van der Waals surface area contributed by atoms with E-state index in [1.54, 1.807) is 27.7 Å². The maximum absolute atomic E-state index is 11.8. The van der Waals surface area contributed by atoms with Crippen molar-refractivity contribution in [2.24, 2.45) is 5.92 Å². The van der Waals surface area contributed by atoms with Crippen LogP contribution in [0.15, 0.2) is 0 Å². The van der Waals surface area contributed by atoms with E-state index >= 15 is 0 Å². The molecule has 3 nitrogen and oxygen atoms in total. The average molecular weight is 281 g/mol. The summed E-state index contributed by atoms with van der Waals surface area (Å²) in [5, 5.41) is 9.87. The fourth-order valence-electron chi connectivity index (χ4n) is 1.12. The molecule has 0 aliphatic rings. The lowest BCUT2D eigenvalue weighted by Crippen LogP contribution is -2.47. The third kappa shape index (κ3) is 4.51. The number of aliphatic hydroxyl groups is 1. The van der Waals surface area contributed by atoms with Gasteiger partial charge in [0.15, 0.2) is 0 Å². The maximum atomic E-state index is 11.8. The van der Waals surface area contributed by atoms with Crippen LogP contribution >= 0.6 is 15.9 Å². The Morgan fingerprint density at radius 3 is 1.93 bits per heavy atom. The Bertz CT molecular complexity index is 228. The minimum absolute atomic E-state index is 0.0121. The summed E-state index contributed by atoms with van der Waals surface area (Å²) >= 11 is 3.24. The van der Waals surface area contributed by atoms with Crippen LogP contribution in [0.1, 0.15) is 41.5 Å². The smallest absolute Gasteiger partial charge is 0.325 e. The summed E-state index contributed by atoms with van der Waals surface area (Å²) in [6.07, 6.45) is -0.771. The zero-order valence-electron chi connectivity index (χ0n) is 10.3. The van der Waals surface area contributed by atoms with Gasteiger partial charge in [0.2, 0.25) is 0 Å². The summed E-state index contributed by atoms with van der Waals surface area (Å²) in [5.74, 6) is -0.446. The van der Waals surface area contributed by atoms with Gasteiger partial charge < -0.3 is 9.84 Å². The van der Waals surface area contributed by atoms with E-state index in [0.29, 0.717) is 0 Å². The zero-order valence-corrected chi connectivity index (χ0v) is 11.9. The van der Waals surface area contributed by atoms with Crippen molar-refractivity contribution in [1.82, 2.24) is 0 Å². The molecule has 0 spiro atoms. The van der Waals surface area contributed by atoms with Crippen LogP contribution in [0.25, 0.3) is 0 Å². The first-order chi connectivity index (χ1) is 6.48. The number of rotatable bonds is 3. The molecule has 0 aromatic rings. The number of ether oxygens (including phenoxy) is 1. The molecule has 0 fully saturated rings. The molecule has 0 unspecified atom stereocenters. The lowest BCUT2D eigenvalue weighted by molar-refractivity contribution is -0.161. The molecule has 0 radical (unpaired) electrons. The summed E-state index contributed by atoms with van der Waals surface area (Å²) in [7, 11) is 0. The Morgan fingerprint density at radius 2 is 1.67 bits per heavy atom. The van der Waals surface area contributed by atoms with Gasteiger partial charge in [0.05, 0.1) is 6.10 Å². The van der Waals surface area contributed by atoms with Crippen molar-refractivity contribution in [3.8, 4) is 0 Å². The molecule has 0 aromatic carbocycles. The van der Waals surface area contributed by atoms with Gasteiger partial charge in [-0.2, -0.15) is 0 Å². The van der Waals surface area contributed by atoms with Crippen LogP contribution in [0.4, 0.5) is 0 Å². The second-order valence-corrected chi connectivity index (χ2v) is 6.91. The summed E-state index contributed by atoms with van der Waals surface area (Å²) in [6, 6.07) is 0. The maximum Gasteiger partial charge on any atom is 0.325 e. The van der Waals surface area contributed by atoms with Crippen molar-refractivity contribution < 1.29 is 14.6 Å². The topological polar surface area (TPSA) is 46.5 Å². The van der Waals surface area contributed by atoms with Crippen LogP contribution in [0, 0.1) is 5.92 Å². The number of carbonyl (C=O) groups excluding carboxylic acids is 1. The van der Waals surface area contributed by atoms with Crippen molar-refractivity contribution in [2.75, 3.05) is 0 Å². The van der Waals surface area contributed by atoms with E-state index in [2.05, 4.69) is 15.9 Å². The van der Waals surface area contributed by atoms with E-state index in [1.165, 1.54) is 0 Å². The quantitative estimate of drug-likeness (QED) is 0.638. The number of hydrogen-bond donors (Lipinski definition) is 1. The molecule has 0 heterocycles. The fraction of sp³-hybridized carbons (Fsp3) is 0.909. The SMILES string of the molecule is CC(C)[C@@H](O)[C@](C)(Br)C(=O)OC(C)(C)C. The lowest BCUT2D eigenvalue weighted by Gasteiger charge is -2.32. The van der Waals surface area contributed by atoms with Gasteiger partial charge in [-0.25, -0.2) is 0 Å². The molecule has 15 heavy (non-hydrogen) atoms. The van der Waals surface area contributed by atoms with Crippen LogP contribution in [0.5, 0.6) is 0 Å². The van der Waals surface area contributed by atoms with Gasteiger partial charge in [-0.3, -0.25) is 4.79 Å². The van der Waals surface area contributed by atoms with Gasteiger partial charge in [-0.1, -0.05) is 29.8 Å². The predicted octanol–water partition coefficient (Wildman–Crippen LogP) is 2.50. The largest absolute Gasteiger partial charge is 0.459 e. The summed E-state index contributed by atoms with van der Waals surface area (Å²) < 4.78 is 4.18. The molecule has 0 aromatic heterocycles. The van der Waals surface area contributed by atoms with E-state index in [1.807, 2.05) is 13.8 Å². The number of carbonyl (C=O) groups is 1. The Hall–Kier alpha value is -0.0900. The number of esters is 1. The molecular weight excluding hydrogens is 260 g/mol. The molecule has 0 amide bonds. The molecule has 0 saturated carbocycles. The average Bonchev–Trinajstić information content (AvgIpc) is 1.99. The molecule has 0 bridgehead atoms. The van der Waals surface area contributed by atoms with Crippen molar-refractivity contribution in [3.05, 3.63) is 0 Å². The highest BCUT2D eigenvalue weighted by atomic mass is 79.9. The summed E-state index contributed by atoms with van der Waals surface area (Å²) in [5.41, 5.74) is -0.539. The third-order valence-corrected chi connectivity index (χ3v) is 2.78. The van der Waals surface area contributed by atoms with E-state index in [4.69, 9.17) is 4.74 Å². The summed E-state index contributed by atoms with van der Waals surface area (Å²) in [4.78, 5) is 11.8. The number of halogens is 1. The van der Waals surface area contributed by atoms with Gasteiger partial charge in [-0.05, 0) is 33.6 Å². The minimum atomic E-state index is -1.05. The van der Waals surface area contributed by atoms with Gasteiger partial charge in [0.1, 0.15) is 9.93 Å². The van der Waals surface area contributed by atoms with Crippen LogP contribution in [-0.4, -0.2) is 27.1 Å². The van der Waals surface area contributed by atoms with Gasteiger partial charge >= 0.3 is 5.97 Å². The normalized spacial score (nSPS) is 18.5. The Morgan fingerprint density at radius 1 is 1.27 bits per heavy atom. The molecule has 0 saturated heterocycles. The monoisotopic (exact) mass is 280 g/mol. The van der Waals surface area contributed by atoms with E-state index in [0.717, 1.165) is 0 Å². The van der Waals surface area contributed by atoms with Crippen molar-refractivity contribution in [3.63, 3.8) is 0 Å². The van der Waals surface area contributed by atoms with Gasteiger partial charge in [0, 0.05) is 0 Å². The first-order valence-corrected chi connectivity index (χ1v) is 5.88. The summed E-state index contributed by atoms with van der Waals surface area (Å²) in [6.45, 7) is 10.7. The molecule has 0 aliphatic carbocycles. The molecule has 4 heteroatoms. The molecule has 90 valence electrons. The zero-order chi connectivity index (χ0) is 12.4. The number of hydrogen-bond acceptors (Lipinski definition) is 3. The highest BCUT2D eigenvalue weighted by Gasteiger charge is 2.42. The third-order valence-electron chi connectivity index (χ3n) is 1.98. The van der Waals surface area contributed by atoms with E-state index < -0.39 is 22.0 Å². The lowest BCUT2D eigenvalue weighted by atomic mass is 9.94. The highest BCUT2D eigenvalue weighted by Crippen LogP contribution is 2.30. The second-order valence-electron chi connectivity index (χ2n) is 5.27. The molecule has 0 rings (SSSR count). The molecular formula is C11H21BrO3. The molecule has 2 atom stereocenters. The number of alkyl halides is 1. The first-order valence-electron chi connectivity index (χ1n) is 5.09. The first kappa shape index (κ1) is 14.9. The molecule has 1 N–H and O–H groups in total. The van der Waals surface area contributed by atoms with Crippen molar-refractivity contribution >= 4 is 21.9 Å². The van der Waals surface area contributed by atoms with E-state index in [-0.39, 0.29) is 5.92 Å². The highest BCUT2D eigenvalue weighted by molar-refractivity contribution is 9.10. The van der Waals surface area contributed by atoms with Gasteiger partial charge in [-0.15, -0.1) is 0 Å². The minimum Gasteiger partial charge on any atom is -0.459 e. The Balaban J connectivity index is 4.66. The van der Waals surface area contributed by atoms with E-state index in [9.17, 15) is 9.90 Å².